The number of nitrogens with two attached hydrogens (primary N) is 1. The number of alkyl halides is 1. The van der Waals surface area contributed by atoms with Crippen LogP contribution in [0.3, 0.4) is 0 Å². The van der Waals surface area contributed by atoms with Crippen molar-refractivity contribution in [1.29, 1.82) is 0 Å². The lowest BCUT2D eigenvalue weighted by Crippen LogP contribution is -2.54. The second-order valence-electron chi connectivity index (χ2n) is 14.5. The number of carbonyl (C=O) groups is 1. The number of rotatable bonds is 8. The monoisotopic (exact) mass is 896 g/mol. The predicted molar refractivity (Wildman–Crippen MR) is 212 cm³/mol. The zero-order valence-electron chi connectivity index (χ0n) is 32.2. The molecule has 7 rings (SSSR count). The van der Waals surface area contributed by atoms with E-state index >= 15 is 4.39 Å². The van der Waals surface area contributed by atoms with Gasteiger partial charge in [-0.25, -0.2) is 50.7 Å². The first-order valence-corrected chi connectivity index (χ1v) is 19.8. The van der Waals surface area contributed by atoms with E-state index in [9.17, 15) is 36.2 Å². The number of piperidine rings is 3. The number of amides is 1. The van der Waals surface area contributed by atoms with Crippen LogP contribution < -0.4 is 16.4 Å². The molecule has 5 N–H and O–H groups in total. The van der Waals surface area contributed by atoms with Crippen LogP contribution in [0.1, 0.15) is 44.1 Å². The van der Waals surface area contributed by atoms with Crippen molar-refractivity contribution in [3.05, 3.63) is 100 Å². The fraction of sp³-hybridized carbons (Fsp3) is 0.447. The molecule has 0 aliphatic carbocycles. The second kappa shape index (κ2) is 21.1. The topological polar surface area (TPSA) is 149 Å². The van der Waals surface area contributed by atoms with Gasteiger partial charge in [-0.3, -0.25) is 9.69 Å². The lowest BCUT2D eigenvalue weighted by atomic mass is 9.82. The number of nitrogens with zero attached hydrogens (tertiary/aromatic N) is 7. The fourth-order valence-electron chi connectivity index (χ4n) is 6.88. The molecule has 318 valence electrons. The maximum Gasteiger partial charge on any atom is 0.376 e. The highest BCUT2D eigenvalue weighted by Crippen LogP contribution is 2.31. The van der Waals surface area contributed by atoms with Gasteiger partial charge in [0.25, 0.3) is 5.91 Å². The first kappa shape index (κ1) is 45.5. The fourth-order valence-corrected chi connectivity index (χ4v) is 7.10. The second-order valence-corrected chi connectivity index (χ2v) is 15.3. The molecule has 3 aliphatic rings. The normalized spacial score (nSPS) is 17.6. The van der Waals surface area contributed by atoms with E-state index in [1.54, 1.807) is 24.0 Å². The largest absolute Gasteiger partial charge is 0.437 e. The molecule has 59 heavy (non-hydrogen) atoms. The predicted octanol–water partition coefficient (Wildman–Crippen LogP) is 6.21. The van der Waals surface area contributed by atoms with Gasteiger partial charge in [0.05, 0.1) is 18.6 Å². The van der Waals surface area contributed by atoms with E-state index in [0.717, 1.165) is 68.3 Å². The maximum absolute atomic E-state index is 15.5. The van der Waals surface area contributed by atoms with Gasteiger partial charge in [0.15, 0.2) is 34.8 Å². The van der Waals surface area contributed by atoms with E-state index in [1.165, 1.54) is 0 Å². The van der Waals surface area contributed by atoms with Gasteiger partial charge in [-0.15, -0.1) is 0 Å². The van der Waals surface area contributed by atoms with E-state index in [4.69, 9.17) is 5.73 Å². The lowest BCUT2D eigenvalue weighted by molar-refractivity contribution is -0.148. The van der Waals surface area contributed by atoms with Gasteiger partial charge in [-0.05, 0) is 79.2 Å². The van der Waals surface area contributed by atoms with Crippen molar-refractivity contribution in [2.24, 2.45) is 0 Å². The van der Waals surface area contributed by atoms with Crippen LogP contribution in [0.5, 0.6) is 0 Å². The summed E-state index contributed by atoms with van der Waals surface area (Å²) in [6, 6.07) is 6.02. The molecule has 21 heteroatoms. The van der Waals surface area contributed by atoms with Crippen LogP contribution in [0, 0.1) is 34.9 Å². The van der Waals surface area contributed by atoms with Gasteiger partial charge in [-0.2, -0.15) is 0 Å². The van der Waals surface area contributed by atoms with Crippen LogP contribution in [-0.2, 0) is 11.3 Å². The third-order valence-electron chi connectivity index (χ3n) is 10.2. The number of nitrogen functional groups attached to an aromatic ring is 1. The van der Waals surface area contributed by atoms with Crippen LogP contribution >= 0.6 is 15.9 Å². The van der Waals surface area contributed by atoms with E-state index in [2.05, 4.69) is 51.4 Å². The summed E-state index contributed by atoms with van der Waals surface area (Å²) in [6.07, 6.45) is 7.50. The Labute approximate surface area is 346 Å². The van der Waals surface area contributed by atoms with Crippen molar-refractivity contribution < 1.29 is 40.6 Å². The molecule has 0 aromatic carbocycles. The molecule has 0 bridgehead atoms. The molecular weight excluding hydrogens is 852 g/mol. The summed E-state index contributed by atoms with van der Waals surface area (Å²) >= 11 is 2.78. The third kappa shape index (κ3) is 13.5. The summed E-state index contributed by atoms with van der Waals surface area (Å²) in [5, 5.41) is 15.3. The van der Waals surface area contributed by atoms with Gasteiger partial charge in [-0.1, -0.05) is 0 Å². The van der Waals surface area contributed by atoms with Crippen molar-refractivity contribution in [2.45, 2.75) is 69.6 Å². The molecule has 3 saturated heterocycles. The number of carbonyl (C=O) groups excluding carboxylic acids is 1. The highest BCUT2D eigenvalue weighted by atomic mass is 79.9. The molecule has 7 heterocycles. The first-order chi connectivity index (χ1) is 28.1. The Balaban J connectivity index is 0.000000204. The zero-order valence-corrected chi connectivity index (χ0v) is 33.8. The summed E-state index contributed by atoms with van der Waals surface area (Å²) in [4.78, 5) is 33.3. The quantitative estimate of drug-likeness (QED) is 0.0909. The summed E-state index contributed by atoms with van der Waals surface area (Å²) in [6.45, 7) is 5.60. The standard InChI is InChI=1S/C22H27F3N6O.C11H16BF2N3O.C5H2BrF2N/c23-16-12-18(24)20(28-13-16)29-17-2-7-31(8-3-17)21(32)22(25)4-9-30(10-5-22)14-15-1-6-27-19(26)11-15;1-12(18)17-4-2-9(3-5-17)16-11-10(14)6-8(13)7-15-11;6-5-4(8)1-3(7)2-9-5/h1,6,11-13,17H,2-5,7-10,14H2,(H2,26,27)(H,28,29);6-7,9,18H,2-5H2,1H3,(H,15,16);1-2H. The number of anilines is 3. The van der Waals surface area contributed by atoms with Crippen molar-refractivity contribution in [1.82, 2.24) is 34.5 Å². The van der Waals surface area contributed by atoms with Crippen molar-refractivity contribution in [2.75, 3.05) is 55.6 Å². The number of aromatic nitrogens is 4. The van der Waals surface area contributed by atoms with E-state index in [-0.39, 0.29) is 41.2 Å². The third-order valence-corrected chi connectivity index (χ3v) is 10.8. The highest BCUT2D eigenvalue weighted by molar-refractivity contribution is 9.10. The van der Waals surface area contributed by atoms with Crippen molar-refractivity contribution >= 4 is 46.3 Å². The Morgan fingerprint density at radius 2 is 1.29 bits per heavy atom. The van der Waals surface area contributed by atoms with Crippen LogP contribution in [0.15, 0.2) is 59.7 Å². The van der Waals surface area contributed by atoms with Crippen LogP contribution in [-0.4, -0.2) is 110 Å². The molecule has 12 nitrogen and oxygen atoms in total. The number of likely N-dealkylation sites (tertiary alicyclic amines) is 2. The van der Waals surface area contributed by atoms with Gasteiger partial charge in [0.1, 0.15) is 27.9 Å². The van der Waals surface area contributed by atoms with Gasteiger partial charge in [0.2, 0.25) is 0 Å². The van der Waals surface area contributed by atoms with Gasteiger partial charge in [0, 0.05) is 82.0 Å². The highest BCUT2D eigenvalue weighted by Gasteiger charge is 2.44. The summed E-state index contributed by atoms with van der Waals surface area (Å²) in [7, 11) is -0.452. The minimum atomic E-state index is -1.86. The molecular formula is C38H45BBrF7N10O2. The number of hydrogen-bond acceptors (Lipinski definition) is 11. The van der Waals surface area contributed by atoms with Crippen molar-refractivity contribution in [3.8, 4) is 0 Å². The molecule has 0 saturated carbocycles. The molecule has 0 radical (unpaired) electrons. The Morgan fingerprint density at radius 1 is 0.797 bits per heavy atom. The van der Waals surface area contributed by atoms with Crippen LogP contribution in [0.4, 0.5) is 48.2 Å². The Kier molecular flexibility index (Phi) is 16.3. The molecule has 4 aromatic heterocycles. The first-order valence-electron chi connectivity index (χ1n) is 19.0. The maximum atomic E-state index is 15.5. The summed E-state index contributed by atoms with van der Waals surface area (Å²) in [5.74, 6) is -4.14. The molecule has 0 unspecified atom stereocenters. The summed E-state index contributed by atoms with van der Waals surface area (Å²) < 4.78 is 92.7. The Hall–Kier alpha value is -4.60. The van der Waals surface area contributed by atoms with E-state index < -0.39 is 53.5 Å². The number of hydrogen-bond donors (Lipinski definition) is 4. The SMILES string of the molecule is CB(O)N1CCC(Nc2ncc(F)cc2F)CC1.Fc1cnc(Br)c(F)c1.Nc1cc(CN2CCC(F)(C(=O)N3CCC(Nc4ncc(F)cc4F)CC3)CC2)ccn1. The molecule has 0 spiro atoms. The molecule has 3 aliphatic heterocycles. The molecule has 1 amide bonds. The molecule has 3 fully saturated rings. The average molecular weight is 898 g/mol. The number of pyridine rings is 4. The number of halogens is 8. The lowest BCUT2D eigenvalue weighted by Gasteiger charge is -2.40. The minimum absolute atomic E-state index is 0.0125. The average Bonchev–Trinajstić information content (AvgIpc) is 3.20. The van der Waals surface area contributed by atoms with Gasteiger partial charge >= 0.3 is 7.05 Å². The number of nitrogens with one attached hydrogen (secondary N) is 2. The van der Waals surface area contributed by atoms with E-state index in [0.29, 0.717) is 51.4 Å². The van der Waals surface area contributed by atoms with E-state index in [1.807, 2.05) is 10.9 Å². The minimum Gasteiger partial charge on any atom is -0.437 e. The van der Waals surface area contributed by atoms with Crippen molar-refractivity contribution in [3.63, 3.8) is 0 Å². The van der Waals surface area contributed by atoms with Gasteiger partial charge < -0.3 is 31.1 Å². The van der Waals surface area contributed by atoms with Crippen LogP contribution in [0.25, 0.3) is 0 Å². The summed E-state index contributed by atoms with van der Waals surface area (Å²) in [5.41, 5.74) is 4.86. The van der Waals surface area contributed by atoms with Crippen LogP contribution in [0.2, 0.25) is 6.82 Å². The Morgan fingerprint density at radius 3 is 1.75 bits per heavy atom. The Bertz CT molecular complexity index is 2000. The molecule has 4 aromatic rings. The molecule has 0 atom stereocenters. The zero-order chi connectivity index (χ0) is 42.7. The smallest absolute Gasteiger partial charge is 0.376 e.